The Morgan fingerprint density at radius 2 is 1.00 bits per heavy atom. The molecule has 1 heteroatoms. The summed E-state index contributed by atoms with van der Waals surface area (Å²) in [6.45, 7) is 12.4. The first-order valence-electron chi connectivity index (χ1n) is 18.8. The van der Waals surface area contributed by atoms with E-state index in [-0.39, 0.29) is 0 Å². The number of hydrogen-bond acceptors (Lipinski definition) is 1. The van der Waals surface area contributed by atoms with Crippen molar-refractivity contribution in [1.82, 2.24) is 0 Å². The normalized spacial score (nSPS) is 11.4. The maximum absolute atomic E-state index is 5.70. The van der Waals surface area contributed by atoms with Gasteiger partial charge in [-0.1, -0.05) is 187 Å². The Bertz CT molecular complexity index is 1130. The first-order valence-corrected chi connectivity index (χ1v) is 18.8. The smallest absolute Gasteiger partial charge is 0.119 e. The summed E-state index contributed by atoms with van der Waals surface area (Å²) in [6.07, 6.45) is 45.2. The second-order valence-corrected chi connectivity index (χ2v) is 12.6. The highest BCUT2D eigenvalue weighted by Gasteiger charge is 1.98. The second-order valence-electron chi connectivity index (χ2n) is 12.6. The number of allylic oxidation sites excluding steroid dienone is 10. The van der Waals surface area contributed by atoms with Crippen molar-refractivity contribution in [3.05, 3.63) is 139 Å². The summed E-state index contributed by atoms with van der Waals surface area (Å²) in [4.78, 5) is 0. The molecule has 2 aromatic carbocycles. The van der Waals surface area contributed by atoms with Crippen molar-refractivity contribution in [3.8, 4) is 5.75 Å². The fraction of sp³-hybridized carbons (Fsp3) is 0.478. The molecule has 0 saturated carbocycles. The van der Waals surface area contributed by atoms with Gasteiger partial charge in [0.1, 0.15) is 5.75 Å². The minimum atomic E-state index is 0.810. The van der Waals surface area contributed by atoms with Crippen molar-refractivity contribution >= 4 is 0 Å². The standard InChI is InChI=1S/C24H36O.C22H32/c1-3-5-6-7-8-9-10-11-12-13-14-15-16-18-23-19-17-20-24(22-23)25-21-4-2;1-3-4-5-6-7-8-9-10-11-12-13-14-15-18-22-19-16-17-21(2)20-22/h3,5-8,17,19-20,22H,1,4,9-16,18,21H2,2H3;3-7,16-17,19-20H,1,8-15,18H2,2H3/b6-5?,8-7+;5-4?,7-6+. The van der Waals surface area contributed by atoms with Crippen LogP contribution in [0.5, 0.6) is 5.75 Å². The summed E-state index contributed by atoms with van der Waals surface area (Å²) in [7, 11) is 0. The van der Waals surface area contributed by atoms with Gasteiger partial charge in [0.2, 0.25) is 0 Å². The van der Waals surface area contributed by atoms with Crippen LogP contribution in [-0.4, -0.2) is 6.61 Å². The average molecular weight is 637 g/mol. The van der Waals surface area contributed by atoms with E-state index in [1.807, 2.05) is 30.4 Å². The van der Waals surface area contributed by atoms with Gasteiger partial charge < -0.3 is 4.74 Å². The minimum absolute atomic E-state index is 0.810. The summed E-state index contributed by atoms with van der Waals surface area (Å²) in [6, 6.07) is 17.5. The van der Waals surface area contributed by atoms with Crippen LogP contribution in [0.15, 0.2) is 122 Å². The molecule has 2 rings (SSSR count). The topological polar surface area (TPSA) is 9.23 Å². The van der Waals surface area contributed by atoms with Crippen molar-refractivity contribution in [2.45, 2.75) is 136 Å². The maximum atomic E-state index is 5.70. The lowest BCUT2D eigenvalue weighted by Crippen LogP contribution is -1.95. The lowest BCUT2D eigenvalue weighted by Gasteiger charge is -2.07. The number of rotatable bonds is 27. The van der Waals surface area contributed by atoms with Crippen molar-refractivity contribution < 1.29 is 4.74 Å². The van der Waals surface area contributed by atoms with E-state index in [1.165, 1.54) is 132 Å². The van der Waals surface area contributed by atoms with Gasteiger partial charge in [-0.25, -0.2) is 0 Å². The molecule has 0 saturated heterocycles. The molecule has 0 amide bonds. The van der Waals surface area contributed by atoms with E-state index >= 15 is 0 Å². The molecule has 0 bridgehead atoms. The van der Waals surface area contributed by atoms with Crippen molar-refractivity contribution in [2.24, 2.45) is 0 Å². The third-order valence-corrected chi connectivity index (χ3v) is 8.12. The first-order chi connectivity index (χ1) is 23.2. The zero-order chi connectivity index (χ0) is 33.9. The Balaban J connectivity index is 0.000000474. The van der Waals surface area contributed by atoms with Crippen LogP contribution in [-0.2, 0) is 12.8 Å². The Kier molecular flexibility index (Phi) is 28.9. The minimum Gasteiger partial charge on any atom is -0.494 e. The average Bonchev–Trinajstić information content (AvgIpc) is 3.08. The largest absolute Gasteiger partial charge is 0.494 e. The summed E-state index contributed by atoms with van der Waals surface area (Å²) in [5, 5.41) is 0. The quantitative estimate of drug-likeness (QED) is 0.0700. The van der Waals surface area contributed by atoms with Crippen LogP contribution in [0.2, 0.25) is 0 Å². The maximum Gasteiger partial charge on any atom is 0.119 e. The molecule has 0 aliphatic heterocycles. The van der Waals surface area contributed by atoms with E-state index in [1.54, 1.807) is 6.08 Å². The third-order valence-electron chi connectivity index (χ3n) is 8.12. The van der Waals surface area contributed by atoms with Gasteiger partial charge in [-0.2, -0.15) is 0 Å². The van der Waals surface area contributed by atoms with Crippen molar-refractivity contribution in [1.29, 1.82) is 0 Å². The molecule has 258 valence electrons. The molecular formula is C46H68O. The number of aryl methyl sites for hydroxylation is 3. The van der Waals surface area contributed by atoms with E-state index < -0.39 is 0 Å². The fourth-order valence-corrected chi connectivity index (χ4v) is 5.46. The highest BCUT2D eigenvalue weighted by Crippen LogP contribution is 2.17. The van der Waals surface area contributed by atoms with Gasteiger partial charge in [-0.3, -0.25) is 0 Å². The number of hydrogen-bond donors (Lipinski definition) is 0. The van der Waals surface area contributed by atoms with Crippen LogP contribution >= 0.6 is 0 Å². The molecule has 2 aromatic rings. The lowest BCUT2D eigenvalue weighted by molar-refractivity contribution is 0.317. The molecule has 0 radical (unpaired) electrons. The van der Waals surface area contributed by atoms with E-state index in [2.05, 4.69) is 99.8 Å². The molecule has 0 N–H and O–H groups in total. The highest BCUT2D eigenvalue weighted by molar-refractivity contribution is 5.28. The highest BCUT2D eigenvalue weighted by atomic mass is 16.5. The van der Waals surface area contributed by atoms with Gasteiger partial charge in [0, 0.05) is 0 Å². The number of ether oxygens (including phenoxy) is 1. The van der Waals surface area contributed by atoms with Crippen LogP contribution < -0.4 is 4.74 Å². The summed E-state index contributed by atoms with van der Waals surface area (Å²) < 4.78 is 5.70. The Morgan fingerprint density at radius 1 is 0.532 bits per heavy atom. The van der Waals surface area contributed by atoms with Gasteiger partial charge in [0.15, 0.2) is 0 Å². The molecule has 0 aromatic heterocycles. The van der Waals surface area contributed by atoms with Gasteiger partial charge in [0.05, 0.1) is 6.61 Å². The lowest BCUT2D eigenvalue weighted by atomic mass is 10.0. The molecule has 47 heavy (non-hydrogen) atoms. The van der Waals surface area contributed by atoms with Gasteiger partial charge in [-0.15, -0.1) is 0 Å². The van der Waals surface area contributed by atoms with Crippen LogP contribution in [0.3, 0.4) is 0 Å². The van der Waals surface area contributed by atoms with Gasteiger partial charge >= 0.3 is 0 Å². The monoisotopic (exact) mass is 637 g/mol. The molecule has 1 nitrogen and oxygen atoms in total. The molecule has 0 atom stereocenters. The predicted octanol–water partition coefficient (Wildman–Crippen LogP) is 14.4. The third kappa shape index (κ3) is 27.5. The van der Waals surface area contributed by atoms with E-state index in [4.69, 9.17) is 4.74 Å². The molecule has 0 unspecified atom stereocenters. The Hall–Kier alpha value is -3.32. The zero-order valence-electron chi connectivity index (χ0n) is 30.4. The molecule has 0 spiro atoms. The molecular weight excluding hydrogens is 569 g/mol. The van der Waals surface area contributed by atoms with E-state index in [0.29, 0.717) is 0 Å². The van der Waals surface area contributed by atoms with E-state index in [0.717, 1.165) is 18.8 Å². The van der Waals surface area contributed by atoms with Crippen molar-refractivity contribution in [2.75, 3.05) is 6.61 Å². The number of benzene rings is 2. The van der Waals surface area contributed by atoms with Gasteiger partial charge in [-0.05, 0) is 88.0 Å². The van der Waals surface area contributed by atoms with Crippen LogP contribution in [0.25, 0.3) is 0 Å². The SMILES string of the molecule is C=CC=C/C=C/CCCCCCCCCc1cccc(C)c1.C=CC=C/C=C/CCCCCCCCCc1cccc(OCCC)c1. The van der Waals surface area contributed by atoms with Crippen LogP contribution in [0, 0.1) is 6.92 Å². The summed E-state index contributed by atoms with van der Waals surface area (Å²) in [5.41, 5.74) is 4.29. The zero-order valence-corrected chi connectivity index (χ0v) is 30.4. The Labute approximate surface area is 291 Å². The van der Waals surface area contributed by atoms with Crippen LogP contribution in [0.1, 0.15) is 133 Å². The van der Waals surface area contributed by atoms with Crippen molar-refractivity contribution in [3.63, 3.8) is 0 Å². The molecule has 0 aliphatic carbocycles. The first kappa shape index (κ1) is 41.7. The summed E-state index contributed by atoms with van der Waals surface area (Å²) >= 11 is 0. The van der Waals surface area contributed by atoms with Gasteiger partial charge in [0.25, 0.3) is 0 Å². The van der Waals surface area contributed by atoms with E-state index in [9.17, 15) is 0 Å². The second kappa shape index (κ2) is 32.6. The molecule has 0 fully saturated rings. The Morgan fingerprint density at radius 3 is 1.49 bits per heavy atom. The number of unbranched alkanes of at least 4 members (excludes halogenated alkanes) is 14. The predicted molar refractivity (Wildman–Crippen MR) is 212 cm³/mol. The molecule has 0 aliphatic rings. The van der Waals surface area contributed by atoms with Crippen LogP contribution in [0.4, 0.5) is 0 Å². The summed E-state index contributed by atoms with van der Waals surface area (Å²) in [5.74, 6) is 1.02. The fourth-order valence-electron chi connectivity index (χ4n) is 5.46. The molecule has 0 heterocycles.